The maximum Gasteiger partial charge on any atom is 0.299 e. The Balaban J connectivity index is 0. The number of nitrogens with one attached hydrogen (secondary N) is 3. The minimum absolute atomic E-state index is 0.0463. The molecule has 0 unspecified atom stereocenters. The third kappa shape index (κ3) is 24.5. The van der Waals surface area contributed by atoms with Gasteiger partial charge in [-0.15, -0.1) is 0 Å². The Morgan fingerprint density at radius 1 is 1.27 bits per heavy atom. The summed E-state index contributed by atoms with van der Waals surface area (Å²) in [6.45, 7) is 0. The Morgan fingerprint density at radius 2 is 1.47 bits per heavy atom. The van der Waals surface area contributed by atoms with Crippen molar-refractivity contribution in [3.63, 3.8) is 0 Å². The predicted molar refractivity (Wildman–Crippen MR) is 55.2 cm³/mol. The molecule has 0 saturated carbocycles. The van der Waals surface area contributed by atoms with Crippen LogP contribution in [0.5, 0.6) is 0 Å². The highest BCUT2D eigenvalue weighted by molar-refractivity contribution is 7.73. The van der Waals surface area contributed by atoms with Gasteiger partial charge in [0, 0.05) is 12.2 Å². The van der Waals surface area contributed by atoms with Crippen molar-refractivity contribution in [2.75, 3.05) is 0 Å². The Bertz CT molecular complexity index is 266. The maximum absolute atomic E-state index is 8.67. The van der Waals surface area contributed by atoms with Crippen molar-refractivity contribution in [1.82, 2.24) is 0 Å². The lowest BCUT2D eigenvalue weighted by Gasteiger charge is -1.87. The molecule has 0 amide bonds. The highest BCUT2D eigenvalue weighted by atomic mass is 32.2. The van der Waals surface area contributed by atoms with Gasteiger partial charge in [0.15, 0.2) is 5.96 Å². The molecule has 0 aromatic rings. The van der Waals surface area contributed by atoms with E-state index in [-0.39, 0.29) is 17.8 Å². The van der Waals surface area contributed by atoms with Crippen LogP contribution in [0.15, 0.2) is 12.2 Å². The maximum atomic E-state index is 8.67. The fourth-order valence-electron chi connectivity index (χ4n) is 0.338. The number of nitrogens with two attached hydrogens (primary N) is 2. The molecule has 0 aromatic carbocycles. The van der Waals surface area contributed by atoms with Gasteiger partial charge in [0.05, 0.1) is 0 Å². The quantitative estimate of drug-likeness (QED) is 0.161. The summed E-state index contributed by atoms with van der Waals surface area (Å²) in [4.78, 5) is 0. The zero-order valence-corrected chi connectivity index (χ0v) is 8.25. The fraction of sp³-hybridized carbons (Fsp3) is 0. The molecule has 86 valence electrons. The number of hydrogen-bond donors (Lipinski definition) is 7. The van der Waals surface area contributed by atoms with Crippen LogP contribution in [0.25, 0.3) is 0 Å². The SMILES string of the molecule is N=C(N)N.N=C1C=CC(=N)O1.O=S(O)O. The van der Waals surface area contributed by atoms with Gasteiger partial charge in [0.25, 0.3) is 11.4 Å². The first-order valence-corrected chi connectivity index (χ1v) is 4.24. The Hall–Kier alpha value is -1.78. The van der Waals surface area contributed by atoms with Crippen LogP contribution >= 0.6 is 0 Å². The molecule has 0 aliphatic carbocycles. The topological polar surface area (TPSA) is 190 Å². The molecule has 0 bridgehead atoms. The van der Waals surface area contributed by atoms with E-state index in [1.165, 1.54) is 12.2 Å². The van der Waals surface area contributed by atoms with Gasteiger partial charge in [-0.1, -0.05) is 0 Å². The summed E-state index contributed by atoms with van der Waals surface area (Å²) in [6, 6.07) is 0. The summed E-state index contributed by atoms with van der Waals surface area (Å²) >= 11 is -2.61. The average Bonchev–Trinajstić information content (AvgIpc) is 2.31. The van der Waals surface area contributed by atoms with Crippen molar-refractivity contribution in [2.24, 2.45) is 11.5 Å². The average molecular weight is 237 g/mol. The van der Waals surface area contributed by atoms with Gasteiger partial charge in [-0.05, 0) is 0 Å². The molecule has 9 nitrogen and oxygen atoms in total. The van der Waals surface area contributed by atoms with Crippen LogP contribution in [0.2, 0.25) is 0 Å². The van der Waals surface area contributed by atoms with Crippen LogP contribution in [0, 0.1) is 16.2 Å². The summed E-state index contributed by atoms with van der Waals surface area (Å²) in [5, 5.41) is 19.5. The van der Waals surface area contributed by atoms with Gasteiger partial charge in [-0.3, -0.25) is 25.3 Å². The second-order valence-corrected chi connectivity index (χ2v) is 2.31. The molecule has 0 radical (unpaired) electrons. The first kappa shape index (κ1) is 15.7. The van der Waals surface area contributed by atoms with Crippen molar-refractivity contribution in [2.45, 2.75) is 0 Å². The van der Waals surface area contributed by atoms with Crippen LogP contribution in [0.3, 0.4) is 0 Å². The summed E-state index contributed by atoms with van der Waals surface area (Å²) in [6.07, 6.45) is 2.87. The summed E-state index contributed by atoms with van der Waals surface area (Å²) < 4.78 is 27.2. The van der Waals surface area contributed by atoms with Crippen LogP contribution < -0.4 is 11.5 Å². The molecule has 10 heteroatoms. The Labute approximate surface area is 87.7 Å². The molecular formula is C5H11N5O4S. The molecule has 1 aliphatic rings. The molecule has 15 heavy (non-hydrogen) atoms. The van der Waals surface area contributed by atoms with E-state index in [0.717, 1.165) is 0 Å². The molecule has 1 rings (SSSR count). The molecule has 9 N–H and O–H groups in total. The van der Waals surface area contributed by atoms with Gasteiger partial charge in [0.2, 0.25) is 11.8 Å². The molecular weight excluding hydrogens is 226 g/mol. The van der Waals surface area contributed by atoms with Crippen molar-refractivity contribution in [3.05, 3.63) is 12.2 Å². The first-order chi connectivity index (χ1) is 6.75. The van der Waals surface area contributed by atoms with Gasteiger partial charge >= 0.3 is 0 Å². The lowest BCUT2D eigenvalue weighted by Crippen LogP contribution is -2.20. The van der Waals surface area contributed by atoms with E-state index < -0.39 is 11.4 Å². The molecule has 0 fully saturated rings. The minimum atomic E-state index is -2.61. The molecule has 1 aliphatic heterocycles. The third-order valence-electron chi connectivity index (χ3n) is 0.606. The zero-order valence-electron chi connectivity index (χ0n) is 7.43. The number of rotatable bonds is 0. The standard InChI is InChI=1S/C4H4N2O.CH5N3.H2O3S/c5-3-1-2-4(6)7-3;2-1(3)4;1-4(2)3/h1-2,5-6H;(H5,2,3,4);(H2,1,2,3). The van der Waals surface area contributed by atoms with Crippen molar-refractivity contribution in [3.8, 4) is 0 Å². The largest absolute Gasteiger partial charge is 0.422 e. The summed E-state index contributed by atoms with van der Waals surface area (Å²) in [7, 11) is 0. The van der Waals surface area contributed by atoms with E-state index in [1.807, 2.05) is 0 Å². The van der Waals surface area contributed by atoms with Crippen LogP contribution in [0.4, 0.5) is 0 Å². The highest BCUT2D eigenvalue weighted by Gasteiger charge is 2.02. The number of guanidine groups is 1. The highest BCUT2D eigenvalue weighted by Crippen LogP contribution is 1.93. The molecule has 0 aromatic heterocycles. The van der Waals surface area contributed by atoms with Gasteiger partial charge in [0.1, 0.15) is 0 Å². The van der Waals surface area contributed by atoms with Crippen molar-refractivity contribution in [1.29, 1.82) is 16.2 Å². The molecule has 0 saturated heterocycles. The van der Waals surface area contributed by atoms with Crippen molar-refractivity contribution >= 4 is 29.1 Å². The molecule has 1 heterocycles. The van der Waals surface area contributed by atoms with E-state index in [0.29, 0.717) is 0 Å². The third-order valence-corrected chi connectivity index (χ3v) is 0.606. The monoisotopic (exact) mass is 237 g/mol. The van der Waals surface area contributed by atoms with Gasteiger partial charge < -0.3 is 16.2 Å². The minimum Gasteiger partial charge on any atom is -0.422 e. The normalized spacial score (nSPS) is 12.2. The summed E-state index contributed by atoms with van der Waals surface area (Å²) in [5.41, 5.74) is 8.94. The second kappa shape index (κ2) is 8.80. The van der Waals surface area contributed by atoms with Gasteiger partial charge in [-0.25, -0.2) is 0 Å². The van der Waals surface area contributed by atoms with Crippen LogP contribution in [-0.2, 0) is 16.1 Å². The van der Waals surface area contributed by atoms with Crippen molar-refractivity contribution < 1.29 is 18.1 Å². The molecule has 0 spiro atoms. The second-order valence-electron chi connectivity index (χ2n) is 1.85. The Kier molecular flexibility index (Phi) is 9.20. The van der Waals surface area contributed by atoms with Gasteiger partial charge in [-0.2, -0.15) is 4.21 Å². The number of ether oxygens (including phenoxy) is 1. The predicted octanol–water partition coefficient (Wildman–Crippen LogP) is -0.953. The lowest BCUT2D eigenvalue weighted by molar-refractivity contribution is 0.454. The van der Waals surface area contributed by atoms with E-state index in [2.05, 4.69) is 16.2 Å². The summed E-state index contributed by atoms with van der Waals surface area (Å²) in [5.74, 6) is -0.241. The smallest absolute Gasteiger partial charge is 0.299 e. The fourth-order valence-corrected chi connectivity index (χ4v) is 0.338. The zero-order chi connectivity index (χ0) is 12.4. The number of hydrogen-bond acceptors (Lipinski definition) is 5. The van der Waals surface area contributed by atoms with Crippen LogP contribution in [0.1, 0.15) is 0 Å². The van der Waals surface area contributed by atoms with E-state index in [4.69, 9.17) is 29.5 Å². The van der Waals surface area contributed by atoms with E-state index in [9.17, 15) is 0 Å². The Morgan fingerprint density at radius 3 is 1.53 bits per heavy atom. The van der Waals surface area contributed by atoms with E-state index >= 15 is 0 Å². The molecule has 0 atom stereocenters. The first-order valence-electron chi connectivity index (χ1n) is 3.18. The van der Waals surface area contributed by atoms with E-state index in [1.54, 1.807) is 0 Å². The lowest BCUT2D eigenvalue weighted by atomic mass is 10.5. The van der Waals surface area contributed by atoms with Crippen LogP contribution in [-0.4, -0.2) is 31.1 Å².